The molecule has 0 radical (unpaired) electrons. The van der Waals surface area contributed by atoms with E-state index < -0.39 is 0 Å². The Morgan fingerprint density at radius 1 is 1.36 bits per heavy atom. The van der Waals surface area contributed by atoms with Crippen molar-refractivity contribution in [1.82, 2.24) is 20.1 Å². The van der Waals surface area contributed by atoms with Crippen LogP contribution in [0.1, 0.15) is 30.5 Å². The Balaban J connectivity index is 0.00000312. The molecule has 0 spiro atoms. The minimum Gasteiger partial charge on any atom is -0.381 e. The van der Waals surface area contributed by atoms with Gasteiger partial charge in [-0.3, -0.25) is 4.99 Å². The summed E-state index contributed by atoms with van der Waals surface area (Å²) in [4.78, 5) is 14.0. The van der Waals surface area contributed by atoms with Gasteiger partial charge in [-0.15, -0.1) is 35.3 Å². The van der Waals surface area contributed by atoms with E-state index in [2.05, 4.69) is 53.5 Å². The molecule has 0 amide bonds. The van der Waals surface area contributed by atoms with Crippen molar-refractivity contribution >= 4 is 41.3 Å². The van der Waals surface area contributed by atoms with Crippen molar-refractivity contribution in [1.29, 1.82) is 0 Å². The number of rotatable bonds is 6. The lowest BCUT2D eigenvalue weighted by Crippen LogP contribution is -2.51. The molecule has 0 atom stereocenters. The third kappa shape index (κ3) is 6.33. The van der Waals surface area contributed by atoms with Gasteiger partial charge in [-0.05, 0) is 40.8 Å². The lowest BCUT2D eigenvalue weighted by Gasteiger charge is -2.42. The van der Waals surface area contributed by atoms with Gasteiger partial charge in [0.1, 0.15) is 0 Å². The van der Waals surface area contributed by atoms with Crippen molar-refractivity contribution < 1.29 is 4.74 Å². The summed E-state index contributed by atoms with van der Waals surface area (Å²) in [5.41, 5.74) is 1.19. The van der Waals surface area contributed by atoms with E-state index in [4.69, 9.17) is 9.73 Å². The summed E-state index contributed by atoms with van der Waals surface area (Å²) in [7, 11) is 6.37. The van der Waals surface area contributed by atoms with Gasteiger partial charge in [-0.2, -0.15) is 0 Å². The van der Waals surface area contributed by atoms with Gasteiger partial charge < -0.3 is 19.9 Å². The zero-order valence-corrected chi connectivity index (χ0v) is 19.2. The molecule has 0 unspecified atom stereocenters. The van der Waals surface area contributed by atoms with E-state index in [9.17, 15) is 0 Å². The Morgan fingerprint density at radius 2 is 2.04 bits per heavy atom. The maximum Gasteiger partial charge on any atom is 0.194 e. The summed E-state index contributed by atoms with van der Waals surface area (Å²) in [6, 6.07) is 0. The maximum absolute atomic E-state index is 5.55. The first-order valence-electron chi connectivity index (χ1n) is 8.62. The first-order chi connectivity index (χ1) is 11.5. The molecule has 1 N–H and O–H groups in total. The SMILES string of the molecule is CCNC(=NCC1(N(C)C)CCOCC1)N(C)Cc1csc(C)n1.I. The van der Waals surface area contributed by atoms with Crippen molar-refractivity contribution in [2.24, 2.45) is 4.99 Å². The minimum absolute atomic E-state index is 0. The molecule has 144 valence electrons. The third-order valence-electron chi connectivity index (χ3n) is 4.66. The molecular formula is C17H32IN5OS. The average Bonchev–Trinajstić information content (AvgIpc) is 2.97. The summed E-state index contributed by atoms with van der Waals surface area (Å²) in [6.07, 6.45) is 2.05. The van der Waals surface area contributed by atoms with Crippen LogP contribution in [0.25, 0.3) is 0 Å². The number of guanidine groups is 1. The highest BCUT2D eigenvalue weighted by Gasteiger charge is 2.34. The van der Waals surface area contributed by atoms with Gasteiger partial charge in [0.25, 0.3) is 0 Å². The van der Waals surface area contributed by atoms with Crippen LogP contribution in [-0.4, -0.2) is 73.7 Å². The number of aryl methyl sites for hydroxylation is 1. The molecule has 2 rings (SSSR count). The van der Waals surface area contributed by atoms with Crippen LogP contribution < -0.4 is 5.32 Å². The predicted octanol–water partition coefficient (Wildman–Crippen LogP) is 2.58. The van der Waals surface area contributed by atoms with Crippen LogP contribution >= 0.6 is 35.3 Å². The lowest BCUT2D eigenvalue weighted by atomic mass is 9.89. The van der Waals surface area contributed by atoms with E-state index in [0.29, 0.717) is 0 Å². The van der Waals surface area contributed by atoms with E-state index >= 15 is 0 Å². The van der Waals surface area contributed by atoms with E-state index in [0.717, 1.165) is 62.4 Å². The molecule has 1 aliphatic rings. The topological polar surface area (TPSA) is 53.0 Å². The van der Waals surface area contributed by atoms with Gasteiger partial charge in [0, 0.05) is 37.7 Å². The molecule has 1 aromatic rings. The first-order valence-corrected chi connectivity index (χ1v) is 9.50. The van der Waals surface area contributed by atoms with Crippen molar-refractivity contribution in [3.05, 3.63) is 16.1 Å². The van der Waals surface area contributed by atoms with Crippen molar-refractivity contribution in [3.63, 3.8) is 0 Å². The number of hydrogen-bond acceptors (Lipinski definition) is 5. The van der Waals surface area contributed by atoms with Gasteiger partial charge in [0.2, 0.25) is 0 Å². The maximum atomic E-state index is 5.55. The van der Waals surface area contributed by atoms with Crippen LogP contribution in [0.3, 0.4) is 0 Å². The number of aromatic nitrogens is 1. The normalized spacial score (nSPS) is 17.3. The summed E-state index contributed by atoms with van der Waals surface area (Å²) < 4.78 is 5.55. The summed E-state index contributed by atoms with van der Waals surface area (Å²) in [6.45, 7) is 8.19. The zero-order chi connectivity index (χ0) is 17.6. The van der Waals surface area contributed by atoms with Crippen LogP contribution in [-0.2, 0) is 11.3 Å². The largest absolute Gasteiger partial charge is 0.381 e. The Bertz CT molecular complexity index is 543. The van der Waals surface area contributed by atoms with Gasteiger partial charge >= 0.3 is 0 Å². The molecule has 0 saturated carbocycles. The van der Waals surface area contributed by atoms with Gasteiger partial charge in [-0.25, -0.2) is 4.98 Å². The highest BCUT2D eigenvalue weighted by Crippen LogP contribution is 2.26. The fraction of sp³-hybridized carbons (Fsp3) is 0.765. The highest BCUT2D eigenvalue weighted by molar-refractivity contribution is 14.0. The molecule has 2 heterocycles. The van der Waals surface area contributed by atoms with Crippen molar-refractivity contribution in [2.75, 3.05) is 47.4 Å². The standard InChI is InChI=1S/C17H31N5OS.HI/c1-6-18-16(22(5)11-15-12-24-14(2)20-15)19-13-17(21(3)4)7-9-23-10-8-17;/h12H,6-11,13H2,1-5H3,(H,18,19);1H. The monoisotopic (exact) mass is 481 g/mol. The second-order valence-corrected chi connectivity index (χ2v) is 7.68. The minimum atomic E-state index is 0. The molecule has 1 fully saturated rings. The number of halogens is 1. The summed E-state index contributed by atoms with van der Waals surface area (Å²) in [5.74, 6) is 0.941. The molecule has 0 aromatic carbocycles. The number of ether oxygens (including phenoxy) is 1. The third-order valence-corrected chi connectivity index (χ3v) is 5.48. The Morgan fingerprint density at radius 3 is 2.56 bits per heavy atom. The smallest absolute Gasteiger partial charge is 0.194 e. The van der Waals surface area contributed by atoms with Crippen molar-refractivity contribution in [2.45, 2.75) is 38.8 Å². The molecule has 1 aliphatic heterocycles. The molecule has 1 saturated heterocycles. The second-order valence-electron chi connectivity index (χ2n) is 6.62. The van der Waals surface area contributed by atoms with Crippen molar-refractivity contribution in [3.8, 4) is 0 Å². The number of likely N-dealkylation sites (N-methyl/N-ethyl adjacent to an activating group) is 1. The molecule has 0 aliphatic carbocycles. The van der Waals surface area contributed by atoms with Crippen LogP contribution in [0.15, 0.2) is 10.4 Å². The van der Waals surface area contributed by atoms with Crippen LogP contribution in [0.5, 0.6) is 0 Å². The number of thiazole rings is 1. The lowest BCUT2D eigenvalue weighted by molar-refractivity contribution is -0.00263. The van der Waals surface area contributed by atoms with Gasteiger partial charge in [0.15, 0.2) is 5.96 Å². The van der Waals surface area contributed by atoms with Crippen LogP contribution in [0.2, 0.25) is 0 Å². The number of nitrogens with one attached hydrogen (secondary N) is 1. The molecular weight excluding hydrogens is 449 g/mol. The Hall–Kier alpha value is -0.450. The number of aliphatic imine (C=N–C) groups is 1. The fourth-order valence-electron chi connectivity index (χ4n) is 2.99. The predicted molar refractivity (Wildman–Crippen MR) is 116 cm³/mol. The van der Waals surface area contributed by atoms with E-state index in [1.807, 2.05) is 6.92 Å². The Kier molecular flexibility index (Phi) is 9.61. The Labute approximate surface area is 173 Å². The highest BCUT2D eigenvalue weighted by atomic mass is 127. The number of hydrogen-bond donors (Lipinski definition) is 1. The number of nitrogens with zero attached hydrogens (tertiary/aromatic N) is 4. The molecule has 25 heavy (non-hydrogen) atoms. The molecule has 8 heteroatoms. The molecule has 6 nitrogen and oxygen atoms in total. The molecule has 1 aromatic heterocycles. The summed E-state index contributed by atoms with van der Waals surface area (Å²) >= 11 is 1.69. The summed E-state index contributed by atoms with van der Waals surface area (Å²) in [5, 5.41) is 6.63. The molecule has 0 bridgehead atoms. The van der Waals surface area contributed by atoms with Crippen LogP contribution in [0, 0.1) is 6.92 Å². The van der Waals surface area contributed by atoms with Gasteiger partial charge in [-0.1, -0.05) is 0 Å². The average molecular weight is 481 g/mol. The fourth-order valence-corrected chi connectivity index (χ4v) is 3.59. The van der Waals surface area contributed by atoms with E-state index in [-0.39, 0.29) is 29.5 Å². The van der Waals surface area contributed by atoms with Gasteiger partial charge in [0.05, 0.1) is 23.8 Å². The quantitative estimate of drug-likeness (QED) is 0.385. The van der Waals surface area contributed by atoms with Crippen LogP contribution in [0.4, 0.5) is 0 Å². The zero-order valence-electron chi connectivity index (χ0n) is 16.0. The van der Waals surface area contributed by atoms with E-state index in [1.54, 1.807) is 11.3 Å². The van der Waals surface area contributed by atoms with E-state index in [1.165, 1.54) is 0 Å². The second kappa shape index (κ2) is 10.6. The first kappa shape index (κ1) is 22.6.